The summed E-state index contributed by atoms with van der Waals surface area (Å²) in [5, 5.41) is 5.77. The Bertz CT molecular complexity index is 976. The Labute approximate surface area is 155 Å². The molecule has 1 atom stereocenters. The molecule has 1 aliphatic heterocycles. The van der Waals surface area contributed by atoms with Gasteiger partial charge in [-0.15, -0.1) is 0 Å². The van der Waals surface area contributed by atoms with Crippen molar-refractivity contribution >= 4 is 27.2 Å². The van der Waals surface area contributed by atoms with E-state index in [9.17, 15) is 8.42 Å². The lowest BCUT2D eigenvalue weighted by Crippen LogP contribution is -2.15. The number of sulfonamides is 1. The smallest absolute Gasteiger partial charge is 0.265 e. The van der Waals surface area contributed by atoms with Crippen LogP contribution in [0.2, 0.25) is 0 Å². The molecule has 0 spiro atoms. The van der Waals surface area contributed by atoms with Gasteiger partial charge in [-0.25, -0.2) is 8.42 Å². The van der Waals surface area contributed by atoms with Crippen molar-refractivity contribution in [3.63, 3.8) is 0 Å². The Morgan fingerprint density at radius 1 is 1.31 bits per heavy atom. The van der Waals surface area contributed by atoms with Crippen LogP contribution in [0.3, 0.4) is 0 Å². The van der Waals surface area contributed by atoms with Gasteiger partial charge in [0.15, 0.2) is 0 Å². The minimum absolute atomic E-state index is 0.144. The molecule has 1 fully saturated rings. The van der Waals surface area contributed by atoms with E-state index in [1.807, 2.05) is 30.3 Å². The zero-order valence-corrected chi connectivity index (χ0v) is 15.5. The number of rotatable bonds is 6. The summed E-state index contributed by atoms with van der Waals surface area (Å²) in [5.74, 6) is 0. The highest BCUT2D eigenvalue weighted by atomic mass is 32.2. The average molecular weight is 390 g/mol. The minimum atomic E-state index is -3.75. The van der Waals surface area contributed by atoms with Crippen LogP contribution in [0.25, 0.3) is 11.3 Å². The molecule has 3 heterocycles. The van der Waals surface area contributed by atoms with Gasteiger partial charge in [0, 0.05) is 23.7 Å². The van der Waals surface area contributed by atoms with E-state index in [1.165, 1.54) is 6.20 Å². The number of ether oxygens (including phenoxy) is 1. The largest absolute Gasteiger partial charge is 0.376 e. The van der Waals surface area contributed by atoms with Gasteiger partial charge in [0.25, 0.3) is 10.0 Å². The summed E-state index contributed by atoms with van der Waals surface area (Å²) in [4.78, 5) is 0.167. The molecule has 1 unspecified atom stereocenters. The highest BCUT2D eigenvalue weighted by molar-refractivity contribution is 7.93. The molecular weight excluding hydrogens is 372 g/mol. The molecule has 3 aromatic rings. The van der Waals surface area contributed by atoms with Gasteiger partial charge in [-0.3, -0.25) is 9.40 Å². The molecule has 1 aromatic carbocycles. The number of nitrogens with zero attached hydrogens (tertiary/aromatic N) is 3. The molecule has 0 aliphatic carbocycles. The summed E-state index contributed by atoms with van der Waals surface area (Å²) in [6, 6.07) is 9.27. The fourth-order valence-corrected chi connectivity index (χ4v) is 5.14. The fraction of sp³-hybridized carbons (Fsp3) is 0.294. The Balaban J connectivity index is 1.53. The molecule has 7 nitrogen and oxygen atoms in total. The van der Waals surface area contributed by atoms with Crippen LogP contribution < -0.4 is 4.72 Å². The second-order valence-corrected chi connectivity index (χ2v) is 8.36. The normalized spacial score (nSPS) is 17.5. The Morgan fingerprint density at radius 3 is 2.92 bits per heavy atom. The lowest BCUT2D eigenvalue weighted by molar-refractivity contribution is 0.0940. The van der Waals surface area contributed by atoms with E-state index >= 15 is 0 Å². The van der Waals surface area contributed by atoms with Crippen LogP contribution in [0.5, 0.6) is 0 Å². The fourth-order valence-electron chi connectivity index (χ4n) is 2.93. The molecule has 9 heteroatoms. The van der Waals surface area contributed by atoms with Gasteiger partial charge in [-0.2, -0.15) is 9.47 Å². The van der Waals surface area contributed by atoms with Crippen LogP contribution in [0, 0.1) is 0 Å². The third kappa shape index (κ3) is 3.64. The first-order chi connectivity index (χ1) is 12.6. The Hall–Kier alpha value is -2.23. The zero-order chi connectivity index (χ0) is 18.0. The quantitative estimate of drug-likeness (QED) is 0.699. The van der Waals surface area contributed by atoms with Crippen molar-refractivity contribution in [2.24, 2.45) is 0 Å². The van der Waals surface area contributed by atoms with E-state index in [4.69, 9.17) is 4.74 Å². The molecule has 4 rings (SSSR count). The van der Waals surface area contributed by atoms with Crippen LogP contribution in [0.15, 0.2) is 53.0 Å². The van der Waals surface area contributed by atoms with Crippen LogP contribution >= 0.6 is 11.5 Å². The third-order valence-electron chi connectivity index (χ3n) is 4.17. The topological polar surface area (TPSA) is 86.1 Å². The predicted octanol–water partition coefficient (Wildman–Crippen LogP) is 2.99. The molecule has 0 bridgehead atoms. The lowest BCUT2D eigenvalue weighted by atomic mass is 10.2. The van der Waals surface area contributed by atoms with Crippen molar-refractivity contribution in [3.8, 4) is 11.3 Å². The van der Waals surface area contributed by atoms with Crippen molar-refractivity contribution in [2.45, 2.75) is 30.4 Å². The van der Waals surface area contributed by atoms with E-state index < -0.39 is 10.0 Å². The van der Waals surface area contributed by atoms with E-state index in [0.717, 1.165) is 36.5 Å². The standard InChI is InChI=1S/C17H18N4O3S2/c22-26(23,16-12-25-19-17(16)13-5-2-1-3-6-13)20-14-9-18-21(10-14)11-15-7-4-8-24-15/h1-3,5-6,9-10,12,15,20H,4,7-8,11H2. The Morgan fingerprint density at radius 2 is 2.15 bits per heavy atom. The second kappa shape index (κ2) is 7.18. The molecule has 136 valence electrons. The van der Waals surface area contributed by atoms with Crippen molar-refractivity contribution < 1.29 is 13.2 Å². The molecule has 1 aliphatic rings. The number of nitrogens with one attached hydrogen (secondary N) is 1. The van der Waals surface area contributed by atoms with Crippen LogP contribution in [-0.2, 0) is 21.3 Å². The lowest BCUT2D eigenvalue weighted by Gasteiger charge is -2.09. The predicted molar refractivity (Wildman–Crippen MR) is 99.6 cm³/mol. The summed E-state index contributed by atoms with van der Waals surface area (Å²) in [6.07, 6.45) is 5.39. The van der Waals surface area contributed by atoms with Crippen molar-refractivity contribution in [3.05, 3.63) is 48.1 Å². The zero-order valence-electron chi connectivity index (χ0n) is 13.9. The maximum atomic E-state index is 12.8. The van der Waals surface area contributed by atoms with Gasteiger partial charge in [0.05, 0.1) is 24.5 Å². The summed E-state index contributed by atoms with van der Waals surface area (Å²) < 4.78 is 39.7. The minimum Gasteiger partial charge on any atom is -0.376 e. The van der Waals surface area contributed by atoms with Crippen molar-refractivity contribution in [1.82, 2.24) is 14.2 Å². The van der Waals surface area contributed by atoms with Crippen LogP contribution in [0.4, 0.5) is 5.69 Å². The summed E-state index contributed by atoms with van der Waals surface area (Å²) in [7, 11) is -3.75. The monoisotopic (exact) mass is 390 g/mol. The Kier molecular flexibility index (Phi) is 4.75. The molecule has 0 amide bonds. The van der Waals surface area contributed by atoms with E-state index in [-0.39, 0.29) is 11.0 Å². The first kappa shape index (κ1) is 17.2. The third-order valence-corrected chi connectivity index (χ3v) is 6.35. The molecule has 26 heavy (non-hydrogen) atoms. The van der Waals surface area contributed by atoms with E-state index in [2.05, 4.69) is 14.2 Å². The average Bonchev–Trinajstić information content (AvgIpc) is 3.37. The van der Waals surface area contributed by atoms with Gasteiger partial charge in [0.2, 0.25) is 0 Å². The molecule has 1 N–H and O–H groups in total. The van der Waals surface area contributed by atoms with Crippen LogP contribution in [-0.4, -0.2) is 35.3 Å². The molecular formula is C17H18N4O3S2. The summed E-state index contributed by atoms with van der Waals surface area (Å²) >= 11 is 1.12. The van der Waals surface area contributed by atoms with Gasteiger partial charge >= 0.3 is 0 Å². The summed E-state index contributed by atoms with van der Waals surface area (Å²) in [6.45, 7) is 1.40. The number of aromatic nitrogens is 3. The first-order valence-electron chi connectivity index (χ1n) is 8.28. The highest BCUT2D eigenvalue weighted by Gasteiger charge is 2.23. The highest BCUT2D eigenvalue weighted by Crippen LogP contribution is 2.29. The first-order valence-corrected chi connectivity index (χ1v) is 10.6. The molecule has 0 radical (unpaired) electrons. The molecule has 2 aromatic heterocycles. The molecule has 0 saturated carbocycles. The van der Waals surface area contributed by atoms with E-state index in [1.54, 1.807) is 16.3 Å². The SMILES string of the molecule is O=S(=O)(Nc1cnn(CC2CCCO2)c1)c1csnc1-c1ccccc1. The van der Waals surface area contributed by atoms with Crippen molar-refractivity contribution in [2.75, 3.05) is 11.3 Å². The number of hydrogen-bond donors (Lipinski definition) is 1. The van der Waals surface area contributed by atoms with Crippen LogP contribution in [0.1, 0.15) is 12.8 Å². The van der Waals surface area contributed by atoms with E-state index in [0.29, 0.717) is 17.9 Å². The maximum absolute atomic E-state index is 12.8. The number of benzene rings is 1. The van der Waals surface area contributed by atoms with Gasteiger partial charge in [-0.1, -0.05) is 30.3 Å². The maximum Gasteiger partial charge on any atom is 0.265 e. The second-order valence-electron chi connectivity index (χ2n) is 6.09. The van der Waals surface area contributed by atoms with Gasteiger partial charge in [0.1, 0.15) is 10.6 Å². The van der Waals surface area contributed by atoms with Gasteiger partial charge < -0.3 is 4.74 Å². The van der Waals surface area contributed by atoms with Crippen molar-refractivity contribution in [1.29, 1.82) is 0 Å². The number of hydrogen-bond acceptors (Lipinski definition) is 6. The summed E-state index contributed by atoms with van der Waals surface area (Å²) in [5.41, 5.74) is 1.64. The van der Waals surface area contributed by atoms with Gasteiger partial charge in [-0.05, 0) is 24.4 Å². The molecule has 1 saturated heterocycles. The number of anilines is 1.